The van der Waals surface area contributed by atoms with E-state index in [-0.39, 0.29) is 12.2 Å². The third-order valence-corrected chi connectivity index (χ3v) is 2.89. The molecule has 0 N–H and O–H groups in total. The van der Waals surface area contributed by atoms with E-state index in [1.165, 1.54) is 7.11 Å². The molecule has 1 aliphatic heterocycles. The third-order valence-electron chi connectivity index (χ3n) is 2.89. The summed E-state index contributed by atoms with van der Waals surface area (Å²) in [7, 11) is 1.51. The highest BCUT2D eigenvalue weighted by atomic mass is 16.6. The Labute approximate surface area is 124 Å². The summed E-state index contributed by atoms with van der Waals surface area (Å²) >= 11 is 0. The van der Waals surface area contributed by atoms with Crippen molar-refractivity contribution in [2.45, 2.75) is 38.9 Å². The van der Waals surface area contributed by atoms with Crippen molar-refractivity contribution in [2.75, 3.05) is 20.2 Å². The average molecular weight is 295 g/mol. The topological polar surface area (TPSA) is 73.8 Å². The van der Waals surface area contributed by atoms with E-state index in [0.717, 1.165) is 6.42 Å². The molecule has 116 valence electrons. The van der Waals surface area contributed by atoms with E-state index >= 15 is 0 Å². The first kappa shape index (κ1) is 15.3. The van der Waals surface area contributed by atoms with Gasteiger partial charge in [0.15, 0.2) is 5.75 Å². The van der Waals surface area contributed by atoms with Crippen molar-refractivity contribution < 1.29 is 19.0 Å². The van der Waals surface area contributed by atoms with E-state index in [1.807, 2.05) is 20.8 Å². The minimum absolute atomic E-state index is 0.0745. The fourth-order valence-corrected chi connectivity index (χ4v) is 1.98. The third kappa shape index (κ3) is 4.47. The average Bonchev–Trinajstić information content (AvgIpc) is 2.86. The molecule has 1 atom stereocenters. The first-order valence-corrected chi connectivity index (χ1v) is 6.88. The summed E-state index contributed by atoms with van der Waals surface area (Å²) in [5, 5.41) is 0. The number of methoxy groups -OCH3 is 1. The van der Waals surface area contributed by atoms with Gasteiger partial charge in [-0.3, -0.25) is 0 Å². The van der Waals surface area contributed by atoms with Crippen molar-refractivity contribution in [2.24, 2.45) is 0 Å². The molecule has 1 aromatic heterocycles. The fraction of sp³-hybridized carbons (Fsp3) is 0.643. The zero-order valence-electron chi connectivity index (χ0n) is 12.8. The normalized spacial score (nSPS) is 18.5. The molecule has 0 bridgehead atoms. The number of nitrogens with zero attached hydrogens (tertiary/aromatic N) is 3. The highest BCUT2D eigenvalue weighted by molar-refractivity contribution is 5.68. The Morgan fingerprint density at radius 2 is 2.00 bits per heavy atom. The van der Waals surface area contributed by atoms with Crippen LogP contribution in [0.15, 0.2) is 12.4 Å². The highest BCUT2D eigenvalue weighted by Gasteiger charge is 2.30. The number of ether oxygens (including phenoxy) is 3. The van der Waals surface area contributed by atoms with Crippen LogP contribution in [0.2, 0.25) is 0 Å². The van der Waals surface area contributed by atoms with Crippen LogP contribution in [0.4, 0.5) is 4.79 Å². The van der Waals surface area contributed by atoms with Crippen LogP contribution in [0.3, 0.4) is 0 Å². The van der Waals surface area contributed by atoms with Crippen molar-refractivity contribution in [3.8, 4) is 11.8 Å². The van der Waals surface area contributed by atoms with Crippen molar-refractivity contribution in [3.05, 3.63) is 12.4 Å². The second-order valence-electron chi connectivity index (χ2n) is 5.86. The molecule has 1 saturated heterocycles. The van der Waals surface area contributed by atoms with Gasteiger partial charge >= 0.3 is 12.1 Å². The van der Waals surface area contributed by atoms with E-state index in [1.54, 1.807) is 17.3 Å². The number of rotatable bonds is 3. The quantitative estimate of drug-likeness (QED) is 0.847. The molecule has 21 heavy (non-hydrogen) atoms. The van der Waals surface area contributed by atoms with Gasteiger partial charge in [-0.25, -0.2) is 4.79 Å². The molecule has 1 fully saturated rings. The molecule has 0 radical (unpaired) electrons. The first-order valence-electron chi connectivity index (χ1n) is 6.88. The summed E-state index contributed by atoms with van der Waals surface area (Å²) in [5.41, 5.74) is -0.486. The van der Waals surface area contributed by atoms with Gasteiger partial charge in [0.2, 0.25) is 0 Å². The van der Waals surface area contributed by atoms with Gasteiger partial charge in [0.1, 0.15) is 11.7 Å². The van der Waals surface area contributed by atoms with Crippen LogP contribution in [0.25, 0.3) is 0 Å². The van der Waals surface area contributed by atoms with Gasteiger partial charge in [0.05, 0.1) is 26.0 Å². The smallest absolute Gasteiger partial charge is 0.410 e. The van der Waals surface area contributed by atoms with Crippen LogP contribution in [0.1, 0.15) is 27.2 Å². The van der Waals surface area contributed by atoms with Gasteiger partial charge < -0.3 is 19.1 Å². The molecular weight excluding hydrogens is 274 g/mol. The lowest BCUT2D eigenvalue weighted by Gasteiger charge is -2.24. The molecule has 7 nitrogen and oxygen atoms in total. The lowest BCUT2D eigenvalue weighted by molar-refractivity contribution is 0.0275. The summed E-state index contributed by atoms with van der Waals surface area (Å²) in [6, 6.07) is 0.296. The minimum atomic E-state index is -0.486. The van der Waals surface area contributed by atoms with Crippen LogP contribution >= 0.6 is 0 Å². The number of amides is 1. The fourth-order valence-electron chi connectivity index (χ4n) is 1.98. The SMILES string of the molecule is COc1ncc(O[C@H]2CCN(C(=O)OC(C)(C)C)C2)cn1. The summed E-state index contributed by atoms with van der Waals surface area (Å²) < 4.78 is 16.0. The highest BCUT2D eigenvalue weighted by Crippen LogP contribution is 2.20. The second kappa shape index (κ2) is 6.15. The van der Waals surface area contributed by atoms with Crippen LogP contribution in [-0.2, 0) is 4.74 Å². The Balaban J connectivity index is 1.86. The Kier molecular flexibility index (Phi) is 4.50. The Bertz CT molecular complexity index is 484. The largest absolute Gasteiger partial charge is 0.485 e. The van der Waals surface area contributed by atoms with Crippen molar-refractivity contribution >= 4 is 6.09 Å². The Hall–Kier alpha value is -2.05. The van der Waals surface area contributed by atoms with E-state index in [2.05, 4.69) is 9.97 Å². The van der Waals surface area contributed by atoms with E-state index in [4.69, 9.17) is 14.2 Å². The van der Waals surface area contributed by atoms with Gasteiger partial charge in [-0.2, -0.15) is 9.97 Å². The van der Waals surface area contributed by atoms with Gasteiger partial charge in [-0.1, -0.05) is 0 Å². The zero-order chi connectivity index (χ0) is 15.5. The molecule has 7 heteroatoms. The van der Waals surface area contributed by atoms with E-state index in [0.29, 0.717) is 24.8 Å². The number of hydrogen-bond donors (Lipinski definition) is 0. The molecule has 1 amide bonds. The van der Waals surface area contributed by atoms with Crippen LogP contribution in [0.5, 0.6) is 11.8 Å². The maximum atomic E-state index is 11.9. The number of likely N-dealkylation sites (tertiary alicyclic amines) is 1. The van der Waals surface area contributed by atoms with Gasteiger partial charge in [-0.15, -0.1) is 0 Å². The Morgan fingerprint density at radius 1 is 1.33 bits per heavy atom. The number of aromatic nitrogens is 2. The summed E-state index contributed by atoms with van der Waals surface area (Å²) in [6.07, 6.45) is 3.49. The van der Waals surface area contributed by atoms with Gasteiger partial charge in [0.25, 0.3) is 0 Å². The summed E-state index contributed by atoms with van der Waals surface area (Å²) in [4.78, 5) is 21.6. The Morgan fingerprint density at radius 3 is 2.57 bits per heavy atom. The standard InChI is InChI=1S/C14H21N3O4/c1-14(2,3)21-13(18)17-6-5-10(9-17)20-11-7-15-12(19-4)16-8-11/h7-8,10H,5-6,9H2,1-4H3/t10-/m0/s1. The molecular formula is C14H21N3O4. The molecule has 2 rings (SSSR count). The van der Waals surface area contributed by atoms with Crippen LogP contribution < -0.4 is 9.47 Å². The van der Waals surface area contributed by atoms with E-state index in [9.17, 15) is 4.79 Å². The molecule has 2 heterocycles. The maximum absolute atomic E-state index is 11.9. The number of hydrogen-bond acceptors (Lipinski definition) is 6. The predicted octanol–water partition coefficient (Wildman–Crippen LogP) is 1.87. The molecule has 0 spiro atoms. The second-order valence-corrected chi connectivity index (χ2v) is 5.86. The van der Waals surface area contributed by atoms with Crippen molar-refractivity contribution in [1.29, 1.82) is 0 Å². The number of carbonyl (C=O) groups excluding carboxylic acids is 1. The van der Waals surface area contributed by atoms with Gasteiger partial charge in [0, 0.05) is 13.0 Å². The summed E-state index contributed by atoms with van der Waals surface area (Å²) in [5.74, 6) is 0.562. The monoisotopic (exact) mass is 295 g/mol. The first-order chi connectivity index (χ1) is 9.87. The molecule has 1 aliphatic rings. The molecule has 0 unspecified atom stereocenters. The molecule has 0 aromatic carbocycles. The van der Waals surface area contributed by atoms with Crippen LogP contribution in [0, 0.1) is 0 Å². The zero-order valence-corrected chi connectivity index (χ0v) is 12.8. The van der Waals surface area contributed by atoms with Crippen molar-refractivity contribution in [1.82, 2.24) is 14.9 Å². The van der Waals surface area contributed by atoms with Crippen molar-refractivity contribution in [3.63, 3.8) is 0 Å². The minimum Gasteiger partial charge on any atom is -0.485 e. The predicted molar refractivity (Wildman–Crippen MR) is 75.4 cm³/mol. The van der Waals surface area contributed by atoms with Crippen LogP contribution in [-0.4, -0.2) is 52.9 Å². The summed E-state index contributed by atoms with van der Waals surface area (Å²) in [6.45, 7) is 6.68. The lowest BCUT2D eigenvalue weighted by Crippen LogP contribution is -2.36. The maximum Gasteiger partial charge on any atom is 0.410 e. The molecule has 1 aromatic rings. The van der Waals surface area contributed by atoms with Gasteiger partial charge in [-0.05, 0) is 20.8 Å². The molecule has 0 saturated carbocycles. The van der Waals surface area contributed by atoms with E-state index < -0.39 is 5.60 Å². The number of carbonyl (C=O) groups is 1. The lowest BCUT2D eigenvalue weighted by atomic mass is 10.2. The molecule has 0 aliphatic carbocycles.